The van der Waals surface area contributed by atoms with Crippen LogP contribution in [0.2, 0.25) is 0 Å². The number of piperidine rings is 1. The summed E-state index contributed by atoms with van der Waals surface area (Å²) < 4.78 is 26.4. The molecule has 0 aliphatic carbocycles. The second kappa shape index (κ2) is 9.47. The van der Waals surface area contributed by atoms with Crippen LogP contribution >= 0.6 is 0 Å². The van der Waals surface area contributed by atoms with E-state index in [0.717, 1.165) is 4.90 Å². The topological polar surface area (TPSA) is 149 Å². The second-order valence-electron chi connectivity index (χ2n) is 9.17. The largest absolute Gasteiger partial charge is 0.488 e. The highest BCUT2D eigenvalue weighted by atomic mass is 19.1. The number of hydrogen-bond acceptors (Lipinski definition) is 9. The summed E-state index contributed by atoms with van der Waals surface area (Å²) in [5.74, 6) is -5.25. The molecule has 5 rings (SSSR count). The van der Waals surface area contributed by atoms with E-state index in [4.69, 9.17) is 9.47 Å². The van der Waals surface area contributed by atoms with Gasteiger partial charge in [-0.2, -0.15) is 0 Å². The molecular weight excluding hydrogens is 489 g/mol. The quantitative estimate of drug-likeness (QED) is 0.306. The molecule has 12 heteroatoms. The first kappa shape index (κ1) is 25.2. The first-order valence-electron chi connectivity index (χ1n) is 11.8. The predicted molar refractivity (Wildman–Crippen MR) is 123 cm³/mol. The maximum atomic E-state index is 15.4. The molecule has 1 unspecified atom stereocenters. The highest BCUT2D eigenvalue weighted by Gasteiger charge is 2.51. The fourth-order valence-corrected chi connectivity index (χ4v) is 4.84. The minimum atomic E-state index is -2.54. The number of carbonyl (C=O) groups excluding carboxylic acids is 3. The van der Waals surface area contributed by atoms with E-state index in [0.29, 0.717) is 5.56 Å². The summed E-state index contributed by atoms with van der Waals surface area (Å²) in [4.78, 5) is 39.2. The molecular formula is C25H26FN3O8. The third-order valence-corrected chi connectivity index (χ3v) is 6.96. The zero-order valence-corrected chi connectivity index (χ0v) is 19.8. The number of rotatable bonds is 6. The molecule has 1 atom stereocenters. The molecule has 196 valence electrons. The average molecular weight is 515 g/mol. The molecule has 0 radical (unpaired) electrons. The van der Waals surface area contributed by atoms with Crippen molar-refractivity contribution >= 4 is 17.7 Å². The molecule has 3 heterocycles. The number of imide groups is 1. The molecule has 2 aromatic carbocycles. The van der Waals surface area contributed by atoms with Gasteiger partial charge in [-0.25, -0.2) is 9.29 Å². The van der Waals surface area contributed by atoms with E-state index in [1.807, 2.05) is 0 Å². The van der Waals surface area contributed by atoms with Crippen molar-refractivity contribution in [1.82, 2.24) is 15.1 Å². The summed E-state index contributed by atoms with van der Waals surface area (Å²) >= 11 is 0. The Morgan fingerprint density at radius 1 is 1.11 bits per heavy atom. The number of fused-ring (bicyclic) bond motifs is 1. The Morgan fingerprint density at radius 2 is 1.84 bits per heavy atom. The van der Waals surface area contributed by atoms with Crippen LogP contribution in [0.25, 0.3) is 0 Å². The molecule has 0 spiro atoms. The molecule has 3 aliphatic rings. The Hall–Kier alpha value is -3.42. The van der Waals surface area contributed by atoms with Gasteiger partial charge in [-0.3, -0.25) is 24.6 Å². The maximum Gasteiger partial charge on any atom is 0.279 e. The van der Waals surface area contributed by atoms with Crippen LogP contribution in [0.5, 0.6) is 5.75 Å². The molecule has 2 aromatic rings. The first-order chi connectivity index (χ1) is 17.6. The van der Waals surface area contributed by atoms with Crippen molar-refractivity contribution in [2.75, 3.05) is 26.3 Å². The third-order valence-electron chi connectivity index (χ3n) is 6.96. The number of ether oxygens (including phenoxy) is 2. The number of nitrogens with one attached hydrogen (secondary N) is 1. The van der Waals surface area contributed by atoms with Crippen molar-refractivity contribution in [2.45, 2.75) is 37.6 Å². The molecule has 3 aliphatic heterocycles. The van der Waals surface area contributed by atoms with Gasteiger partial charge in [0.15, 0.2) is 0 Å². The van der Waals surface area contributed by atoms with Crippen LogP contribution in [0.15, 0.2) is 36.4 Å². The summed E-state index contributed by atoms with van der Waals surface area (Å²) in [5.41, 5.74) is -1.85. The van der Waals surface area contributed by atoms with Crippen LogP contribution in [-0.2, 0) is 33.4 Å². The minimum Gasteiger partial charge on any atom is -0.488 e. The maximum absolute atomic E-state index is 15.4. The summed E-state index contributed by atoms with van der Waals surface area (Å²) in [5, 5.41) is 34.4. The van der Waals surface area contributed by atoms with E-state index < -0.39 is 35.2 Å². The van der Waals surface area contributed by atoms with Gasteiger partial charge in [-0.1, -0.05) is 18.2 Å². The lowest BCUT2D eigenvalue weighted by Gasteiger charge is -2.37. The highest BCUT2D eigenvalue weighted by molar-refractivity contribution is 6.06. The van der Waals surface area contributed by atoms with Gasteiger partial charge in [0.25, 0.3) is 17.7 Å². The van der Waals surface area contributed by atoms with Gasteiger partial charge < -0.3 is 24.8 Å². The zero-order valence-electron chi connectivity index (χ0n) is 19.8. The van der Waals surface area contributed by atoms with Gasteiger partial charge in [0.05, 0.1) is 25.3 Å². The van der Waals surface area contributed by atoms with Gasteiger partial charge in [0.1, 0.15) is 18.2 Å². The van der Waals surface area contributed by atoms with Crippen molar-refractivity contribution in [3.63, 3.8) is 0 Å². The molecule has 0 saturated carbocycles. The lowest BCUT2D eigenvalue weighted by molar-refractivity contribution is -0.288. The third kappa shape index (κ3) is 4.36. The number of nitrogens with zero attached hydrogens (tertiary/aromatic N) is 2. The van der Waals surface area contributed by atoms with Gasteiger partial charge in [0, 0.05) is 42.6 Å². The van der Waals surface area contributed by atoms with E-state index in [2.05, 4.69) is 5.32 Å². The molecule has 0 aromatic heterocycles. The van der Waals surface area contributed by atoms with Crippen LogP contribution in [0, 0.1) is 5.82 Å². The zero-order chi connectivity index (χ0) is 26.4. The predicted octanol–water partition coefficient (Wildman–Crippen LogP) is -0.0872. The van der Waals surface area contributed by atoms with Crippen molar-refractivity contribution in [3.05, 3.63) is 64.5 Å². The number of halogens is 1. The Labute approximate surface area is 211 Å². The molecule has 3 amide bonds. The molecule has 11 nitrogen and oxygen atoms in total. The van der Waals surface area contributed by atoms with Crippen LogP contribution in [0.3, 0.4) is 0 Å². The molecule has 2 saturated heterocycles. The fourth-order valence-electron chi connectivity index (χ4n) is 4.84. The van der Waals surface area contributed by atoms with Crippen molar-refractivity contribution in [2.24, 2.45) is 0 Å². The van der Waals surface area contributed by atoms with Crippen LogP contribution < -0.4 is 10.1 Å². The van der Waals surface area contributed by atoms with Crippen molar-refractivity contribution in [1.29, 1.82) is 0 Å². The van der Waals surface area contributed by atoms with Gasteiger partial charge in [-0.05, 0) is 18.2 Å². The van der Waals surface area contributed by atoms with Crippen molar-refractivity contribution in [3.8, 4) is 5.75 Å². The van der Waals surface area contributed by atoms with E-state index in [-0.39, 0.29) is 74.7 Å². The summed E-state index contributed by atoms with van der Waals surface area (Å²) in [6, 6.07) is 8.86. The highest BCUT2D eigenvalue weighted by Crippen LogP contribution is 2.37. The fraction of sp³-hybridized carbons (Fsp3) is 0.400. The number of benzene rings is 2. The second-order valence-corrected chi connectivity index (χ2v) is 9.17. The molecule has 0 bridgehead atoms. The average Bonchev–Trinajstić information content (AvgIpc) is 3.24. The number of amides is 3. The monoisotopic (exact) mass is 515 g/mol. The number of aliphatic hydroxyl groups is 3. The lowest BCUT2D eigenvalue weighted by atomic mass is 10.00. The normalized spacial score (nSPS) is 22.7. The summed E-state index contributed by atoms with van der Waals surface area (Å²) in [6.45, 7) is 0.560. The molecule has 4 N–H and O–H groups in total. The first-order valence-corrected chi connectivity index (χ1v) is 11.8. The summed E-state index contributed by atoms with van der Waals surface area (Å²) in [7, 11) is 0. The standard InChI is InChI=1S/C25H26FN3O8/c26-21-15(3-1-5-18(21)25(34,35)28-9-11-36-12-10-28)14-37-19-6-2-4-16-17(19)13-29(22(16)31)24(33)8-7-20(30)27-23(24)32/h1-6,33-35H,7-14H2,(H,27,30,32). The van der Waals surface area contributed by atoms with Crippen molar-refractivity contribution < 1.29 is 43.6 Å². The number of hydrogen-bond donors (Lipinski definition) is 4. The van der Waals surface area contributed by atoms with Crippen LogP contribution in [-0.4, -0.2) is 74.9 Å². The van der Waals surface area contributed by atoms with E-state index in [9.17, 15) is 29.7 Å². The Bertz CT molecular complexity index is 1260. The minimum absolute atomic E-state index is 0.0563. The number of carbonyl (C=O) groups is 3. The number of morpholine rings is 1. The lowest BCUT2D eigenvalue weighted by Crippen LogP contribution is -2.63. The Balaban J connectivity index is 1.36. The van der Waals surface area contributed by atoms with Gasteiger partial charge in [-0.15, -0.1) is 0 Å². The van der Waals surface area contributed by atoms with E-state index >= 15 is 4.39 Å². The Morgan fingerprint density at radius 3 is 2.57 bits per heavy atom. The molecule has 2 fully saturated rings. The smallest absolute Gasteiger partial charge is 0.279 e. The van der Waals surface area contributed by atoms with Crippen LogP contribution in [0.1, 0.15) is 39.9 Å². The summed E-state index contributed by atoms with van der Waals surface area (Å²) in [6.07, 6.45) is -0.359. The van der Waals surface area contributed by atoms with E-state index in [1.165, 1.54) is 29.2 Å². The molecule has 37 heavy (non-hydrogen) atoms. The van der Waals surface area contributed by atoms with E-state index in [1.54, 1.807) is 12.1 Å². The SMILES string of the molecule is O=C1CCC(O)(N2Cc3c(OCc4cccc(C(O)(O)N5CCOCC5)c4F)cccc3C2=O)C(=O)N1. The Kier molecular flexibility index (Phi) is 6.46. The van der Waals surface area contributed by atoms with Crippen LogP contribution in [0.4, 0.5) is 4.39 Å². The van der Waals surface area contributed by atoms with Gasteiger partial charge in [0.2, 0.25) is 11.6 Å². The van der Waals surface area contributed by atoms with Gasteiger partial charge >= 0.3 is 0 Å².